The van der Waals surface area contributed by atoms with E-state index in [9.17, 15) is 19.8 Å². The Balaban J connectivity index is 2.56. The van der Waals surface area contributed by atoms with Crippen LogP contribution in [0.4, 0.5) is 0 Å². The van der Waals surface area contributed by atoms with Crippen molar-refractivity contribution < 1.29 is 24.5 Å². The highest BCUT2D eigenvalue weighted by molar-refractivity contribution is 5.84. The van der Waals surface area contributed by atoms with Crippen LogP contribution in [0.2, 0.25) is 0 Å². The summed E-state index contributed by atoms with van der Waals surface area (Å²) in [6.07, 6.45) is -1.42. The third-order valence-electron chi connectivity index (χ3n) is 2.52. The van der Waals surface area contributed by atoms with E-state index in [0.717, 1.165) is 0 Å². The van der Waals surface area contributed by atoms with E-state index in [0.29, 0.717) is 11.6 Å². The van der Waals surface area contributed by atoms with Crippen molar-refractivity contribution in [1.29, 1.82) is 0 Å². The van der Waals surface area contributed by atoms with Crippen molar-refractivity contribution >= 4 is 5.97 Å². The number of aliphatic hydroxyl groups is 1. The molecule has 0 aliphatic heterocycles. The van der Waals surface area contributed by atoms with E-state index in [1.807, 2.05) is 0 Å². The van der Waals surface area contributed by atoms with Crippen LogP contribution in [-0.2, 0) is 0 Å². The summed E-state index contributed by atoms with van der Waals surface area (Å²) >= 11 is 0. The maximum absolute atomic E-state index is 11.4. The summed E-state index contributed by atoms with van der Waals surface area (Å²) in [5, 5.41) is 28.4. The lowest BCUT2D eigenvalue weighted by atomic mass is 10.1. The molecule has 0 saturated heterocycles. The number of carboxylic acids is 1. The molecular weight excluding hydrogens is 252 g/mol. The van der Waals surface area contributed by atoms with Gasteiger partial charge in [0.05, 0.1) is 0 Å². The fourth-order valence-corrected chi connectivity index (χ4v) is 1.58. The van der Waals surface area contributed by atoms with Gasteiger partial charge in [-0.25, -0.2) is 4.79 Å². The summed E-state index contributed by atoms with van der Waals surface area (Å²) in [6.45, 7) is 0. The Bertz CT molecular complexity index is 659. The second-order valence-corrected chi connectivity index (χ2v) is 3.81. The average molecular weight is 262 g/mol. The number of benzene rings is 1. The molecule has 1 aromatic carbocycles. The molecule has 0 spiro atoms. The molecule has 2 aromatic rings. The van der Waals surface area contributed by atoms with Gasteiger partial charge in [-0.15, -0.1) is 0 Å². The predicted octanol–water partition coefficient (Wildman–Crippen LogP) is 1.13. The molecule has 0 bridgehead atoms. The van der Waals surface area contributed by atoms with Crippen molar-refractivity contribution in [3.8, 4) is 5.75 Å². The molecule has 1 unspecified atom stereocenters. The molecule has 2 rings (SSSR count). The van der Waals surface area contributed by atoms with Crippen LogP contribution in [0.25, 0.3) is 0 Å². The summed E-state index contributed by atoms with van der Waals surface area (Å²) < 4.78 is 4.87. The molecule has 0 aliphatic carbocycles. The van der Waals surface area contributed by atoms with Crippen LogP contribution in [0.3, 0.4) is 0 Å². The number of carbonyl (C=O) groups is 1. The largest absolute Gasteiger partial charge is 0.502 e. The third-order valence-corrected chi connectivity index (χ3v) is 2.52. The molecule has 1 aromatic heterocycles. The molecule has 1 atom stereocenters. The van der Waals surface area contributed by atoms with E-state index in [4.69, 9.17) is 9.52 Å². The minimum absolute atomic E-state index is 0.364. The van der Waals surface area contributed by atoms with Gasteiger partial charge in [0.2, 0.25) is 16.9 Å². The van der Waals surface area contributed by atoms with Gasteiger partial charge in [-0.1, -0.05) is 30.3 Å². The molecule has 3 N–H and O–H groups in total. The number of aromatic carboxylic acids is 1. The lowest BCUT2D eigenvalue weighted by Gasteiger charge is -2.11. The van der Waals surface area contributed by atoms with Gasteiger partial charge in [-0.2, -0.15) is 0 Å². The van der Waals surface area contributed by atoms with Gasteiger partial charge in [-0.3, -0.25) is 4.79 Å². The van der Waals surface area contributed by atoms with Crippen LogP contribution in [-0.4, -0.2) is 21.3 Å². The lowest BCUT2D eigenvalue weighted by molar-refractivity contribution is 0.0648. The van der Waals surface area contributed by atoms with Crippen LogP contribution in [0.5, 0.6) is 5.75 Å². The van der Waals surface area contributed by atoms with Gasteiger partial charge < -0.3 is 19.7 Å². The first-order chi connectivity index (χ1) is 9.00. The molecule has 0 amide bonds. The second-order valence-electron chi connectivity index (χ2n) is 3.81. The third kappa shape index (κ3) is 2.48. The van der Waals surface area contributed by atoms with E-state index in [2.05, 4.69) is 0 Å². The normalized spacial score (nSPS) is 12.1. The quantitative estimate of drug-likeness (QED) is 0.765. The Morgan fingerprint density at radius 1 is 1.21 bits per heavy atom. The van der Waals surface area contributed by atoms with Crippen LogP contribution in [0.15, 0.2) is 45.6 Å². The molecule has 98 valence electrons. The summed E-state index contributed by atoms with van der Waals surface area (Å²) in [6, 6.07) is 8.78. The van der Waals surface area contributed by atoms with Crippen molar-refractivity contribution in [2.75, 3.05) is 0 Å². The Labute approximate surface area is 107 Å². The number of hydrogen-bond donors (Lipinski definition) is 3. The Hall–Kier alpha value is -2.60. The Kier molecular flexibility index (Phi) is 3.35. The van der Waals surface area contributed by atoms with E-state index in [1.165, 1.54) is 0 Å². The summed E-state index contributed by atoms with van der Waals surface area (Å²) in [4.78, 5) is 22.2. The minimum Gasteiger partial charge on any atom is -0.502 e. The molecule has 6 heteroatoms. The van der Waals surface area contributed by atoms with Crippen LogP contribution < -0.4 is 5.43 Å². The van der Waals surface area contributed by atoms with E-state index in [-0.39, 0.29) is 0 Å². The highest BCUT2D eigenvalue weighted by Gasteiger charge is 2.22. The van der Waals surface area contributed by atoms with E-state index >= 15 is 0 Å². The van der Waals surface area contributed by atoms with Crippen LogP contribution in [0.1, 0.15) is 28.0 Å². The molecule has 0 saturated carbocycles. The molecule has 0 fully saturated rings. The summed E-state index contributed by atoms with van der Waals surface area (Å²) in [5.41, 5.74) is -0.558. The topological polar surface area (TPSA) is 108 Å². The lowest BCUT2D eigenvalue weighted by Crippen LogP contribution is -2.11. The van der Waals surface area contributed by atoms with Gasteiger partial charge in [0.25, 0.3) is 0 Å². The van der Waals surface area contributed by atoms with E-state index in [1.54, 1.807) is 30.3 Å². The maximum Gasteiger partial charge on any atom is 0.371 e. The summed E-state index contributed by atoms with van der Waals surface area (Å²) in [7, 11) is 0. The van der Waals surface area contributed by atoms with Crippen molar-refractivity contribution in [2.24, 2.45) is 0 Å². The standard InChI is InChI=1S/C13H10O6/c14-8-6-9(13(17)18)19-12(11(8)16)10(15)7-4-2-1-3-5-7/h1-6,10,15-16H,(H,17,18). The summed E-state index contributed by atoms with van der Waals surface area (Å²) in [5.74, 6) is -3.40. The first-order valence-corrected chi connectivity index (χ1v) is 5.34. The molecule has 0 aliphatic rings. The predicted molar refractivity (Wildman–Crippen MR) is 64.1 cm³/mol. The SMILES string of the molecule is O=C(O)c1cc(=O)c(O)c(C(O)c2ccccc2)o1. The smallest absolute Gasteiger partial charge is 0.371 e. The molecule has 6 nitrogen and oxygen atoms in total. The molecule has 0 radical (unpaired) electrons. The number of rotatable bonds is 3. The van der Waals surface area contributed by atoms with Crippen molar-refractivity contribution in [2.45, 2.75) is 6.10 Å². The van der Waals surface area contributed by atoms with Crippen molar-refractivity contribution in [3.63, 3.8) is 0 Å². The first kappa shape index (κ1) is 12.8. The van der Waals surface area contributed by atoms with Gasteiger partial charge in [0, 0.05) is 6.07 Å². The maximum atomic E-state index is 11.4. The highest BCUT2D eigenvalue weighted by Crippen LogP contribution is 2.27. The molecular formula is C13H10O6. The second kappa shape index (κ2) is 4.95. The van der Waals surface area contributed by atoms with Gasteiger partial charge >= 0.3 is 5.97 Å². The van der Waals surface area contributed by atoms with Crippen LogP contribution in [0, 0.1) is 0 Å². The van der Waals surface area contributed by atoms with Gasteiger partial charge in [-0.05, 0) is 5.56 Å². The fraction of sp³-hybridized carbons (Fsp3) is 0.0769. The Morgan fingerprint density at radius 2 is 1.84 bits per heavy atom. The van der Waals surface area contributed by atoms with Crippen molar-refractivity contribution in [1.82, 2.24) is 0 Å². The Morgan fingerprint density at radius 3 is 2.42 bits per heavy atom. The molecule has 19 heavy (non-hydrogen) atoms. The van der Waals surface area contributed by atoms with Crippen molar-refractivity contribution in [3.05, 3.63) is 63.7 Å². The minimum atomic E-state index is -1.46. The fourth-order valence-electron chi connectivity index (χ4n) is 1.58. The zero-order valence-electron chi connectivity index (χ0n) is 9.61. The van der Waals surface area contributed by atoms with E-state index < -0.39 is 34.8 Å². The van der Waals surface area contributed by atoms with Gasteiger partial charge in [0.15, 0.2) is 5.76 Å². The number of carboxylic acid groups (broad SMARTS) is 1. The monoisotopic (exact) mass is 262 g/mol. The average Bonchev–Trinajstić information content (AvgIpc) is 2.41. The zero-order valence-corrected chi connectivity index (χ0v) is 9.61. The van der Waals surface area contributed by atoms with Gasteiger partial charge in [0.1, 0.15) is 6.10 Å². The number of aliphatic hydroxyl groups excluding tert-OH is 1. The molecule has 1 heterocycles. The van der Waals surface area contributed by atoms with Crippen LogP contribution >= 0.6 is 0 Å². The first-order valence-electron chi connectivity index (χ1n) is 5.34. The number of aromatic hydroxyl groups is 1. The highest BCUT2D eigenvalue weighted by atomic mass is 16.4. The number of hydrogen-bond acceptors (Lipinski definition) is 5. The zero-order chi connectivity index (χ0) is 14.0.